The summed E-state index contributed by atoms with van der Waals surface area (Å²) in [6, 6.07) is 0. The largest absolute Gasteiger partial charge is 0.402 e. The standard InChI is InChI=1S/C13H18N6O4/c1-6(14)2-13(10(22)9(21)7(3-20)23-13)19-5-18-8-11(15)16-4-17-12(8)19/h4-5,7,9-10,20-22H,1-3,14H2,(H2,15,16,17)/t7-,9-,10-,13-/m1/s1. The van der Waals surface area contributed by atoms with Crippen molar-refractivity contribution in [3.05, 3.63) is 24.9 Å². The van der Waals surface area contributed by atoms with Crippen LogP contribution in [-0.4, -0.2) is 59.8 Å². The van der Waals surface area contributed by atoms with Gasteiger partial charge in [-0.05, 0) is 0 Å². The number of hydrogen-bond acceptors (Lipinski definition) is 9. The first-order chi connectivity index (χ1) is 10.9. The molecule has 10 heteroatoms. The molecule has 1 saturated heterocycles. The molecule has 1 fully saturated rings. The number of imidazole rings is 1. The lowest BCUT2D eigenvalue weighted by atomic mass is 9.98. The van der Waals surface area contributed by atoms with E-state index in [0.29, 0.717) is 11.2 Å². The number of aliphatic hydroxyl groups is 3. The van der Waals surface area contributed by atoms with E-state index >= 15 is 0 Å². The van der Waals surface area contributed by atoms with Crippen LogP contribution in [-0.2, 0) is 10.5 Å². The van der Waals surface area contributed by atoms with E-state index in [9.17, 15) is 15.3 Å². The van der Waals surface area contributed by atoms with Crippen molar-refractivity contribution < 1.29 is 20.1 Å². The molecule has 0 unspecified atom stereocenters. The number of nitrogens with two attached hydrogens (primary N) is 2. The maximum absolute atomic E-state index is 10.6. The van der Waals surface area contributed by atoms with Crippen molar-refractivity contribution in [3.8, 4) is 0 Å². The number of nitrogens with zero attached hydrogens (tertiary/aromatic N) is 4. The first-order valence-electron chi connectivity index (χ1n) is 6.92. The lowest BCUT2D eigenvalue weighted by Crippen LogP contribution is -2.46. The molecule has 0 aliphatic carbocycles. The van der Waals surface area contributed by atoms with Crippen LogP contribution in [0.4, 0.5) is 5.82 Å². The summed E-state index contributed by atoms with van der Waals surface area (Å²) in [6.45, 7) is 3.16. The van der Waals surface area contributed by atoms with E-state index in [1.807, 2.05) is 0 Å². The average molecular weight is 322 g/mol. The molecule has 0 spiro atoms. The topological polar surface area (TPSA) is 166 Å². The molecule has 3 rings (SSSR count). The van der Waals surface area contributed by atoms with Gasteiger partial charge in [-0.1, -0.05) is 6.58 Å². The molecule has 7 N–H and O–H groups in total. The Balaban J connectivity index is 2.20. The monoisotopic (exact) mass is 322 g/mol. The van der Waals surface area contributed by atoms with Crippen molar-refractivity contribution in [2.24, 2.45) is 5.73 Å². The summed E-state index contributed by atoms with van der Waals surface area (Å²) >= 11 is 0. The highest BCUT2D eigenvalue weighted by Crippen LogP contribution is 2.41. The highest BCUT2D eigenvalue weighted by atomic mass is 16.6. The zero-order chi connectivity index (χ0) is 16.8. The van der Waals surface area contributed by atoms with Gasteiger partial charge in [0.25, 0.3) is 0 Å². The van der Waals surface area contributed by atoms with Crippen LogP contribution in [0, 0.1) is 0 Å². The Bertz CT molecular complexity index is 749. The van der Waals surface area contributed by atoms with Gasteiger partial charge in [-0.15, -0.1) is 0 Å². The highest BCUT2D eigenvalue weighted by molar-refractivity contribution is 5.81. The Morgan fingerprint density at radius 1 is 1.39 bits per heavy atom. The number of anilines is 1. The molecular formula is C13H18N6O4. The van der Waals surface area contributed by atoms with Crippen LogP contribution in [0.15, 0.2) is 24.9 Å². The minimum atomic E-state index is -1.51. The molecule has 1 aliphatic heterocycles. The molecular weight excluding hydrogens is 304 g/mol. The number of aliphatic hydroxyl groups excluding tert-OH is 3. The first kappa shape index (κ1) is 15.6. The number of nitrogen functional groups attached to an aromatic ring is 1. The quantitative estimate of drug-likeness (QED) is 0.429. The number of rotatable bonds is 4. The van der Waals surface area contributed by atoms with E-state index in [2.05, 4.69) is 21.5 Å². The molecule has 0 radical (unpaired) electrons. The second-order valence-electron chi connectivity index (χ2n) is 5.50. The maximum Gasteiger partial charge on any atom is 0.182 e. The molecule has 0 saturated carbocycles. The summed E-state index contributed by atoms with van der Waals surface area (Å²) in [6.07, 6.45) is -1.07. The summed E-state index contributed by atoms with van der Waals surface area (Å²) < 4.78 is 7.19. The van der Waals surface area contributed by atoms with Crippen LogP contribution in [0.25, 0.3) is 11.2 Å². The van der Waals surface area contributed by atoms with Crippen LogP contribution in [0.1, 0.15) is 6.42 Å². The van der Waals surface area contributed by atoms with Crippen LogP contribution >= 0.6 is 0 Å². The molecule has 23 heavy (non-hydrogen) atoms. The van der Waals surface area contributed by atoms with Gasteiger partial charge in [0.05, 0.1) is 12.9 Å². The van der Waals surface area contributed by atoms with Crippen molar-refractivity contribution in [3.63, 3.8) is 0 Å². The Morgan fingerprint density at radius 3 is 2.74 bits per heavy atom. The van der Waals surface area contributed by atoms with Gasteiger partial charge in [-0.25, -0.2) is 15.0 Å². The van der Waals surface area contributed by atoms with E-state index in [-0.39, 0.29) is 17.9 Å². The second kappa shape index (κ2) is 5.42. The fraction of sp³-hybridized carbons (Fsp3) is 0.462. The lowest BCUT2D eigenvalue weighted by molar-refractivity contribution is -0.145. The van der Waals surface area contributed by atoms with E-state index in [0.717, 1.165) is 0 Å². The van der Waals surface area contributed by atoms with Gasteiger partial charge < -0.3 is 31.5 Å². The Kier molecular flexibility index (Phi) is 3.68. The predicted molar refractivity (Wildman–Crippen MR) is 79.6 cm³/mol. The van der Waals surface area contributed by atoms with Crippen molar-refractivity contribution in [2.75, 3.05) is 12.3 Å². The molecule has 2 aromatic heterocycles. The fourth-order valence-corrected chi connectivity index (χ4v) is 2.90. The Hall–Kier alpha value is -2.27. The summed E-state index contributed by atoms with van der Waals surface area (Å²) in [5.41, 5.74) is 10.8. The van der Waals surface area contributed by atoms with Crippen molar-refractivity contribution in [1.29, 1.82) is 0 Å². The second-order valence-corrected chi connectivity index (χ2v) is 5.50. The van der Waals surface area contributed by atoms with Gasteiger partial charge in [-0.3, -0.25) is 4.57 Å². The third-order valence-corrected chi connectivity index (χ3v) is 3.95. The van der Waals surface area contributed by atoms with Crippen LogP contribution in [0.5, 0.6) is 0 Å². The Morgan fingerprint density at radius 2 is 2.13 bits per heavy atom. The first-order valence-corrected chi connectivity index (χ1v) is 6.92. The summed E-state index contributed by atoms with van der Waals surface area (Å²) in [5.74, 6) is 0.169. The molecule has 2 aromatic rings. The summed E-state index contributed by atoms with van der Waals surface area (Å²) in [7, 11) is 0. The molecule has 1 aliphatic rings. The average Bonchev–Trinajstić information content (AvgIpc) is 3.04. The van der Waals surface area contributed by atoms with E-state index < -0.39 is 30.6 Å². The highest BCUT2D eigenvalue weighted by Gasteiger charge is 2.56. The molecule has 4 atom stereocenters. The third kappa shape index (κ3) is 2.23. The van der Waals surface area contributed by atoms with Gasteiger partial charge in [0.2, 0.25) is 0 Å². The van der Waals surface area contributed by atoms with Gasteiger partial charge in [0.1, 0.15) is 30.2 Å². The number of fused-ring (bicyclic) bond motifs is 1. The molecule has 0 amide bonds. The SMILES string of the molecule is C=C(N)C[C@@]1(n2cnc3c(N)ncnc32)O[C@H](CO)[C@@H](O)[C@H]1O. The number of hydrogen-bond donors (Lipinski definition) is 5. The molecule has 0 aromatic carbocycles. The zero-order valence-electron chi connectivity index (χ0n) is 12.2. The van der Waals surface area contributed by atoms with Crippen LogP contribution in [0.3, 0.4) is 0 Å². The summed E-state index contributed by atoms with van der Waals surface area (Å²) in [5, 5.41) is 30.0. The van der Waals surface area contributed by atoms with Crippen molar-refractivity contribution >= 4 is 17.0 Å². The van der Waals surface area contributed by atoms with Crippen LogP contribution < -0.4 is 11.5 Å². The lowest BCUT2D eigenvalue weighted by Gasteiger charge is -2.33. The molecule has 0 bridgehead atoms. The van der Waals surface area contributed by atoms with E-state index in [1.54, 1.807) is 0 Å². The third-order valence-electron chi connectivity index (χ3n) is 3.95. The van der Waals surface area contributed by atoms with Crippen molar-refractivity contribution in [1.82, 2.24) is 19.5 Å². The van der Waals surface area contributed by atoms with E-state index in [1.165, 1.54) is 17.2 Å². The van der Waals surface area contributed by atoms with Gasteiger partial charge in [0.15, 0.2) is 17.2 Å². The summed E-state index contributed by atoms with van der Waals surface area (Å²) in [4.78, 5) is 12.1. The predicted octanol–water partition coefficient (Wildman–Crippen LogP) is -1.96. The number of aromatic nitrogens is 4. The molecule has 3 heterocycles. The number of ether oxygens (including phenoxy) is 1. The minimum Gasteiger partial charge on any atom is -0.402 e. The molecule has 10 nitrogen and oxygen atoms in total. The van der Waals surface area contributed by atoms with Crippen molar-refractivity contribution in [2.45, 2.75) is 30.5 Å². The normalized spacial score (nSPS) is 30.8. The van der Waals surface area contributed by atoms with E-state index in [4.69, 9.17) is 16.2 Å². The zero-order valence-corrected chi connectivity index (χ0v) is 12.2. The Labute approximate surface area is 131 Å². The van der Waals surface area contributed by atoms with Gasteiger partial charge in [0, 0.05) is 12.1 Å². The molecule has 124 valence electrons. The van der Waals surface area contributed by atoms with Gasteiger partial charge >= 0.3 is 0 Å². The van der Waals surface area contributed by atoms with Gasteiger partial charge in [-0.2, -0.15) is 0 Å². The fourth-order valence-electron chi connectivity index (χ4n) is 2.90. The van der Waals surface area contributed by atoms with Crippen LogP contribution in [0.2, 0.25) is 0 Å². The smallest absolute Gasteiger partial charge is 0.182 e. The minimum absolute atomic E-state index is 0.0168. The maximum atomic E-state index is 10.6.